The highest BCUT2D eigenvalue weighted by Gasteiger charge is 2.12. The highest BCUT2D eigenvalue weighted by atomic mass is 19.3. The van der Waals surface area contributed by atoms with Gasteiger partial charge in [0.05, 0.1) is 7.11 Å². The molecule has 5 nitrogen and oxygen atoms in total. The monoisotopic (exact) mass is 289 g/mol. The molecule has 0 aliphatic heterocycles. The fourth-order valence-electron chi connectivity index (χ4n) is 1.56. The lowest BCUT2D eigenvalue weighted by atomic mass is 10.2. The number of halogens is 2. The zero-order valence-electron chi connectivity index (χ0n) is 11.1. The van der Waals surface area contributed by atoms with E-state index in [1.165, 1.54) is 25.3 Å². The quantitative estimate of drug-likeness (QED) is 0.721. The lowest BCUT2D eigenvalue weighted by Gasteiger charge is -2.12. The third kappa shape index (κ3) is 5.40. The predicted molar refractivity (Wildman–Crippen MR) is 69.2 cm³/mol. The van der Waals surface area contributed by atoms with E-state index >= 15 is 0 Å². The molecular weight excluding hydrogens is 272 g/mol. The van der Waals surface area contributed by atoms with Crippen LogP contribution in [-0.4, -0.2) is 31.3 Å². The van der Waals surface area contributed by atoms with Gasteiger partial charge in [-0.1, -0.05) is 0 Å². The zero-order chi connectivity index (χ0) is 15.0. The van der Waals surface area contributed by atoms with E-state index in [9.17, 15) is 13.6 Å². The molecule has 0 heterocycles. The van der Waals surface area contributed by atoms with Crippen LogP contribution >= 0.6 is 0 Å². The Morgan fingerprint density at radius 3 is 2.70 bits per heavy atom. The van der Waals surface area contributed by atoms with E-state index in [0.29, 0.717) is 18.5 Å². The van der Waals surface area contributed by atoms with Gasteiger partial charge in [0, 0.05) is 24.8 Å². The van der Waals surface area contributed by atoms with Gasteiger partial charge in [-0.3, -0.25) is 4.79 Å². The summed E-state index contributed by atoms with van der Waals surface area (Å²) >= 11 is 0. The van der Waals surface area contributed by atoms with Crippen molar-refractivity contribution < 1.29 is 28.2 Å². The maximum Gasteiger partial charge on any atom is 0.387 e. The third-order valence-electron chi connectivity index (χ3n) is 2.48. The van der Waals surface area contributed by atoms with E-state index in [-0.39, 0.29) is 30.4 Å². The van der Waals surface area contributed by atoms with Crippen molar-refractivity contribution in [1.82, 2.24) is 0 Å². The van der Waals surface area contributed by atoms with Crippen molar-refractivity contribution in [3.63, 3.8) is 0 Å². The maximum absolute atomic E-state index is 12.2. The summed E-state index contributed by atoms with van der Waals surface area (Å²) < 4.78 is 33.7. The van der Waals surface area contributed by atoms with Crippen molar-refractivity contribution in [3.8, 4) is 11.5 Å². The Kier molecular flexibility index (Phi) is 6.72. The van der Waals surface area contributed by atoms with Crippen LogP contribution in [-0.2, 0) is 4.79 Å². The second-order valence-electron chi connectivity index (χ2n) is 3.97. The van der Waals surface area contributed by atoms with Crippen LogP contribution in [0.5, 0.6) is 11.5 Å². The minimum atomic E-state index is -2.97. The van der Waals surface area contributed by atoms with Crippen LogP contribution in [0.1, 0.15) is 19.3 Å². The van der Waals surface area contributed by atoms with E-state index < -0.39 is 6.61 Å². The van der Waals surface area contributed by atoms with E-state index in [4.69, 9.17) is 9.84 Å². The van der Waals surface area contributed by atoms with Crippen molar-refractivity contribution in [1.29, 1.82) is 0 Å². The number of unbranched alkanes of at least 4 members (excludes halogenated alkanes) is 1. The van der Waals surface area contributed by atoms with Crippen LogP contribution in [0.4, 0.5) is 14.5 Å². The summed E-state index contributed by atoms with van der Waals surface area (Å²) in [6.07, 6.45) is 1.34. The second kappa shape index (κ2) is 8.31. The highest BCUT2D eigenvalue weighted by Crippen LogP contribution is 2.31. The number of amides is 1. The number of alkyl halides is 2. The summed E-state index contributed by atoms with van der Waals surface area (Å²) in [5.41, 5.74) is 0.343. The number of benzene rings is 1. The number of hydrogen-bond donors (Lipinski definition) is 2. The molecule has 1 rings (SSSR count). The van der Waals surface area contributed by atoms with Crippen LogP contribution in [0.2, 0.25) is 0 Å². The van der Waals surface area contributed by atoms with Gasteiger partial charge in [-0.2, -0.15) is 8.78 Å². The average Bonchev–Trinajstić information content (AvgIpc) is 2.38. The summed E-state index contributed by atoms with van der Waals surface area (Å²) in [5, 5.41) is 11.2. The normalized spacial score (nSPS) is 10.4. The van der Waals surface area contributed by atoms with Crippen molar-refractivity contribution in [2.75, 3.05) is 19.0 Å². The van der Waals surface area contributed by atoms with Crippen LogP contribution in [0, 0.1) is 0 Å². The van der Waals surface area contributed by atoms with Gasteiger partial charge in [-0.25, -0.2) is 0 Å². The largest absolute Gasteiger partial charge is 0.493 e. The SMILES string of the molecule is COc1ccc(NC(=O)CCCCO)cc1OC(F)F. The van der Waals surface area contributed by atoms with Crippen LogP contribution in [0.15, 0.2) is 18.2 Å². The van der Waals surface area contributed by atoms with Gasteiger partial charge in [0.25, 0.3) is 0 Å². The molecule has 0 saturated carbocycles. The van der Waals surface area contributed by atoms with Crippen LogP contribution in [0.25, 0.3) is 0 Å². The van der Waals surface area contributed by atoms with Gasteiger partial charge in [-0.15, -0.1) is 0 Å². The molecule has 0 aliphatic rings. The number of aliphatic hydroxyl groups excluding tert-OH is 1. The van der Waals surface area contributed by atoms with E-state index in [1.54, 1.807) is 0 Å². The average molecular weight is 289 g/mol. The third-order valence-corrected chi connectivity index (χ3v) is 2.48. The smallest absolute Gasteiger partial charge is 0.387 e. The standard InChI is InChI=1S/C13H17F2NO4/c1-19-10-6-5-9(8-11(10)20-13(14)15)16-12(18)4-2-3-7-17/h5-6,8,13,17H,2-4,7H2,1H3,(H,16,18). The molecule has 0 atom stereocenters. The molecule has 1 aromatic rings. The predicted octanol–water partition coefficient (Wildman–Crippen LogP) is 2.40. The summed E-state index contributed by atoms with van der Waals surface area (Å²) in [6.45, 7) is -2.94. The molecule has 0 aliphatic carbocycles. The molecular formula is C13H17F2NO4. The lowest BCUT2D eigenvalue weighted by molar-refractivity contribution is -0.116. The summed E-state index contributed by atoms with van der Waals surface area (Å²) in [7, 11) is 1.33. The number of methoxy groups -OCH3 is 1. The Hall–Kier alpha value is -1.89. The van der Waals surface area contributed by atoms with Gasteiger partial charge in [0.2, 0.25) is 5.91 Å². The molecule has 0 unspecified atom stereocenters. The molecule has 7 heteroatoms. The summed E-state index contributed by atoms with van der Waals surface area (Å²) in [5.74, 6) is -0.245. The first kappa shape index (κ1) is 16.2. The number of carbonyl (C=O) groups is 1. The van der Waals surface area contributed by atoms with Crippen molar-refractivity contribution in [2.45, 2.75) is 25.9 Å². The minimum absolute atomic E-state index is 0.0300. The number of hydrogen-bond acceptors (Lipinski definition) is 4. The molecule has 0 bridgehead atoms. The maximum atomic E-state index is 12.2. The number of nitrogens with one attached hydrogen (secondary N) is 1. The minimum Gasteiger partial charge on any atom is -0.493 e. The van der Waals surface area contributed by atoms with Gasteiger partial charge in [0.15, 0.2) is 11.5 Å². The van der Waals surface area contributed by atoms with Gasteiger partial charge >= 0.3 is 6.61 Å². The van der Waals surface area contributed by atoms with Crippen molar-refractivity contribution >= 4 is 11.6 Å². The number of aliphatic hydroxyl groups is 1. The van der Waals surface area contributed by atoms with Gasteiger partial charge < -0.3 is 19.9 Å². The molecule has 1 amide bonds. The molecule has 0 spiro atoms. The van der Waals surface area contributed by atoms with Gasteiger partial charge in [-0.05, 0) is 25.0 Å². The first-order chi connectivity index (χ1) is 9.56. The van der Waals surface area contributed by atoms with E-state index in [1.807, 2.05) is 0 Å². The number of ether oxygens (including phenoxy) is 2. The Morgan fingerprint density at radius 1 is 1.35 bits per heavy atom. The first-order valence-electron chi connectivity index (χ1n) is 6.10. The Labute approximate surface area is 115 Å². The Bertz CT molecular complexity index is 440. The second-order valence-corrected chi connectivity index (χ2v) is 3.97. The molecule has 0 aromatic heterocycles. The van der Waals surface area contributed by atoms with Crippen LogP contribution < -0.4 is 14.8 Å². The molecule has 112 valence electrons. The molecule has 2 N–H and O–H groups in total. The molecule has 0 fully saturated rings. The fourth-order valence-corrected chi connectivity index (χ4v) is 1.56. The Morgan fingerprint density at radius 2 is 2.10 bits per heavy atom. The molecule has 1 aromatic carbocycles. The van der Waals surface area contributed by atoms with Crippen molar-refractivity contribution in [2.24, 2.45) is 0 Å². The highest BCUT2D eigenvalue weighted by molar-refractivity contribution is 5.91. The molecule has 20 heavy (non-hydrogen) atoms. The Balaban J connectivity index is 2.68. The van der Waals surface area contributed by atoms with Gasteiger partial charge in [0.1, 0.15) is 0 Å². The summed E-state index contributed by atoms with van der Waals surface area (Å²) in [6, 6.07) is 4.23. The molecule has 0 saturated heterocycles. The number of anilines is 1. The fraction of sp³-hybridized carbons (Fsp3) is 0.462. The zero-order valence-corrected chi connectivity index (χ0v) is 11.1. The topological polar surface area (TPSA) is 67.8 Å². The summed E-state index contributed by atoms with van der Waals surface area (Å²) in [4.78, 5) is 11.6. The number of carbonyl (C=O) groups excluding carboxylic acids is 1. The van der Waals surface area contributed by atoms with Crippen LogP contribution in [0.3, 0.4) is 0 Å². The lowest BCUT2D eigenvalue weighted by Crippen LogP contribution is -2.12. The van der Waals surface area contributed by atoms with E-state index in [0.717, 1.165) is 0 Å². The molecule has 0 radical (unpaired) electrons. The number of rotatable bonds is 8. The first-order valence-corrected chi connectivity index (χ1v) is 6.10. The van der Waals surface area contributed by atoms with Crippen molar-refractivity contribution in [3.05, 3.63) is 18.2 Å². The van der Waals surface area contributed by atoms with E-state index in [2.05, 4.69) is 10.1 Å².